The maximum Gasteiger partial charge on any atom is 0.345 e. The lowest BCUT2D eigenvalue weighted by atomic mass is 9.90. The van der Waals surface area contributed by atoms with Gasteiger partial charge >= 0.3 is 5.97 Å². The summed E-state index contributed by atoms with van der Waals surface area (Å²) in [5.74, 6) is -0.815. The molecule has 0 spiro atoms. The maximum absolute atomic E-state index is 11.0. The predicted octanol–water partition coefficient (Wildman–Crippen LogP) is 3.25. The van der Waals surface area contributed by atoms with Crippen LogP contribution in [-0.2, 0) is 12.8 Å². The summed E-state index contributed by atoms with van der Waals surface area (Å²) in [7, 11) is 0. The van der Waals surface area contributed by atoms with E-state index in [0.29, 0.717) is 4.88 Å². The van der Waals surface area contributed by atoms with Gasteiger partial charge in [-0.2, -0.15) is 0 Å². The standard InChI is InChI=1S/C14H12O2S/c1-8-2-3-9-6-12-11(5-10(9)4-8)7-13(17-12)14(15)16/h2-4,7H,5-6H2,1H3,(H,15,16). The Morgan fingerprint density at radius 1 is 1.18 bits per heavy atom. The molecular weight excluding hydrogens is 232 g/mol. The first kappa shape index (κ1) is 10.5. The van der Waals surface area contributed by atoms with Crippen molar-refractivity contribution in [1.29, 1.82) is 0 Å². The minimum Gasteiger partial charge on any atom is -0.477 e. The Bertz CT molecular complexity index is 611. The van der Waals surface area contributed by atoms with E-state index in [-0.39, 0.29) is 0 Å². The Morgan fingerprint density at radius 3 is 2.76 bits per heavy atom. The van der Waals surface area contributed by atoms with Crippen molar-refractivity contribution in [2.24, 2.45) is 0 Å². The summed E-state index contributed by atoms with van der Waals surface area (Å²) in [4.78, 5) is 12.6. The van der Waals surface area contributed by atoms with Crippen LogP contribution in [0, 0.1) is 6.92 Å². The molecule has 3 rings (SSSR count). The summed E-state index contributed by atoms with van der Waals surface area (Å²) in [6, 6.07) is 8.31. The topological polar surface area (TPSA) is 37.3 Å². The van der Waals surface area contributed by atoms with Gasteiger partial charge in [0.25, 0.3) is 0 Å². The lowest BCUT2D eigenvalue weighted by Crippen LogP contribution is -2.04. The van der Waals surface area contributed by atoms with Gasteiger partial charge in [0.15, 0.2) is 0 Å². The van der Waals surface area contributed by atoms with E-state index in [0.717, 1.165) is 12.8 Å². The van der Waals surface area contributed by atoms with Crippen LogP contribution in [0.5, 0.6) is 0 Å². The largest absolute Gasteiger partial charge is 0.477 e. The molecule has 0 bridgehead atoms. The molecule has 0 saturated carbocycles. The Balaban J connectivity index is 2.05. The van der Waals surface area contributed by atoms with Crippen LogP contribution < -0.4 is 0 Å². The molecule has 0 aliphatic heterocycles. The number of rotatable bonds is 1. The zero-order valence-corrected chi connectivity index (χ0v) is 10.3. The zero-order valence-electron chi connectivity index (χ0n) is 9.49. The van der Waals surface area contributed by atoms with Crippen molar-refractivity contribution in [3.05, 3.63) is 56.3 Å². The third-order valence-electron chi connectivity index (χ3n) is 3.20. The molecular formula is C14H12O2S. The molecule has 0 fully saturated rings. The number of aromatic carboxylic acids is 1. The van der Waals surface area contributed by atoms with Crippen LogP contribution in [0.1, 0.15) is 36.8 Å². The zero-order chi connectivity index (χ0) is 12.0. The molecule has 2 nitrogen and oxygen atoms in total. The van der Waals surface area contributed by atoms with Gasteiger partial charge in [-0.05, 0) is 36.1 Å². The number of carbonyl (C=O) groups is 1. The Labute approximate surface area is 104 Å². The quantitative estimate of drug-likeness (QED) is 0.713. The number of fused-ring (bicyclic) bond motifs is 2. The monoisotopic (exact) mass is 244 g/mol. The molecule has 1 aliphatic rings. The summed E-state index contributed by atoms with van der Waals surface area (Å²) in [5, 5.41) is 9.01. The lowest BCUT2D eigenvalue weighted by molar-refractivity contribution is 0.0702. The van der Waals surface area contributed by atoms with Gasteiger partial charge in [0.1, 0.15) is 4.88 Å². The van der Waals surface area contributed by atoms with Gasteiger partial charge < -0.3 is 5.11 Å². The van der Waals surface area contributed by atoms with Crippen LogP contribution in [0.2, 0.25) is 0 Å². The van der Waals surface area contributed by atoms with Gasteiger partial charge in [0, 0.05) is 11.3 Å². The van der Waals surface area contributed by atoms with Gasteiger partial charge in [-0.1, -0.05) is 23.8 Å². The molecule has 1 N–H and O–H groups in total. The van der Waals surface area contributed by atoms with Gasteiger partial charge in [0.05, 0.1) is 0 Å². The molecule has 3 heteroatoms. The highest BCUT2D eigenvalue weighted by molar-refractivity contribution is 7.14. The molecule has 0 saturated heterocycles. The summed E-state index contributed by atoms with van der Waals surface area (Å²) >= 11 is 1.41. The number of carboxylic acids is 1. The van der Waals surface area contributed by atoms with Crippen LogP contribution in [0.4, 0.5) is 0 Å². The Hall–Kier alpha value is -1.61. The molecule has 0 unspecified atom stereocenters. The minimum absolute atomic E-state index is 0.458. The highest BCUT2D eigenvalue weighted by Gasteiger charge is 2.20. The van der Waals surface area contributed by atoms with Crippen LogP contribution in [0.25, 0.3) is 0 Å². The normalized spacial score (nSPS) is 13.0. The summed E-state index contributed by atoms with van der Waals surface area (Å²) < 4.78 is 0. The fraction of sp³-hybridized carbons (Fsp3) is 0.214. The Kier molecular flexibility index (Phi) is 2.30. The SMILES string of the molecule is Cc1ccc2c(c1)Cc1cc(C(=O)O)sc1C2. The molecule has 0 atom stereocenters. The van der Waals surface area contributed by atoms with Crippen molar-refractivity contribution in [2.45, 2.75) is 19.8 Å². The summed E-state index contributed by atoms with van der Waals surface area (Å²) in [6.07, 6.45) is 1.75. The van der Waals surface area contributed by atoms with Crippen LogP contribution in [-0.4, -0.2) is 11.1 Å². The predicted molar refractivity (Wildman–Crippen MR) is 68.1 cm³/mol. The minimum atomic E-state index is -0.815. The molecule has 86 valence electrons. The van der Waals surface area contributed by atoms with E-state index < -0.39 is 5.97 Å². The van der Waals surface area contributed by atoms with Gasteiger partial charge in [-0.3, -0.25) is 0 Å². The van der Waals surface area contributed by atoms with E-state index in [2.05, 4.69) is 25.1 Å². The van der Waals surface area contributed by atoms with Gasteiger partial charge in [-0.25, -0.2) is 4.79 Å². The second-order valence-electron chi connectivity index (χ2n) is 4.49. The van der Waals surface area contributed by atoms with E-state index in [1.54, 1.807) is 0 Å². The first-order valence-corrected chi connectivity index (χ1v) is 6.38. The second-order valence-corrected chi connectivity index (χ2v) is 5.63. The van der Waals surface area contributed by atoms with E-state index in [1.807, 2.05) is 6.07 Å². The third-order valence-corrected chi connectivity index (χ3v) is 4.37. The smallest absolute Gasteiger partial charge is 0.345 e. The highest BCUT2D eigenvalue weighted by Crippen LogP contribution is 2.33. The highest BCUT2D eigenvalue weighted by atomic mass is 32.1. The molecule has 1 aliphatic carbocycles. The number of carboxylic acid groups (broad SMARTS) is 1. The average molecular weight is 244 g/mol. The van der Waals surface area contributed by atoms with Crippen molar-refractivity contribution < 1.29 is 9.90 Å². The number of aryl methyl sites for hydroxylation is 1. The van der Waals surface area contributed by atoms with Crippen molar-refractivity contribution in [3.63, 3.8) is 0 Å². The molecule has 0 amide bonds. The van der Waals surface area contributed by atoms with Crippen LogP contribution >= 0.6 is 11.3 Å². The first-order valence-electron chi connectivity index (χ1n) is 5.57. The molecule has 1 aromatic heterocycles. The molecule has 0 radical (unpaired) electrons. The first-order chi connectivity index (χ1) is 8.13. The fourth-order valence-corrected chi connectivity index (χ4v) is 3.38. The van der Waals surface area contributed by atoms with Gasteiger partial charge in [0.2, 0.25) is 0 Å². The molecule has 1 aromatic carbocycles. The summed E-state index contributed by atoms with van der Waals surface area (Å²) in [5.41, 5.74) is 5.13. The van der Waals surface area contributed by atoms with Crippen LogP contribution in [0.3, 0.4) is 0 Å². The number of hydrogen-bond acceptors (Lipinski definition) is 2. The van der Waals surface area contributed by atoms with Gasteiger partial charge in [-0.15, -0.1) is 11.3 Å². The van der Waals surface area contributed by atoms with Crippen molar-refractivity contribution in [3.8, 4) is 0 Å². The molecule has 17 heavy (non-hydrogen) atoms. The average Bonchev–Trinajstić information content (AvgIpc) is 2.68. The number of benzene rings is 1. The number of thiophene rings is 1. The lowest BCUT2D eigenvalue weighted by Gasteiger charge is -2.16. The van der Waals surface area contributed by atoms with E-state index in [1.165, 1.54) is 38.5 Å². The Morgan fingerprint density at radius 2 is 2.00 bits per heavy atom. The van der Waals surface area contributed by atoms with E-state index >= 15 is 0 Å². The van der Waals surface area contributed by atoms with Crippen molar-refractivity contribution in [1.82, 2.24) is 0 Å². The van der Waals surface area contributed by atoms with Crippen molar-refractivity contribution >= 4 is 17.3 Å². The van der Waals surface area contributed by atoms with E-state index in [4.69, 9.17) is 5.11 Å². The molecule has 1 heterocycles. The molecule has 2 aromatic rings. The fourth-order valence-electron chi connectivity index (χ4n) is 2.34. The second kappa shape index (κ2) is 3.70. The third kappa shape index (κ3) is 1.76. The summed E-state index contributed by atoms with van der Waals surface area (Å²) in [6.45, 7) is 2.09. The van der Waals surface area contributed by atoms with Crippen LogP contribution in [0.15, 0.2) is 24.3 Å². The number of hydrogen-bond donors (Lipinski definition) is 1. The maximum atomic E-state index is 11.0. The van der Waals surface area contributed by atoms with Crippen molar-refractivity contribution in [2.75, 3.05) is 0 Å². The van der Waals surface area contributed by atoms with E-state index in [9.17, 15) is 4.79 Å².